The number of rotatable bonds is 4. The Morgan fingerprint density at radius 1 is 1.53 bits per heavy atom. The van der Waals surface area contributed by atoms with Crippen LogP contribution in [0.3, 0.4) is 0 Å². The molecule has 5 nitrogen and oxygen atoms in total. The predicted octanol–water partition coefficient (Wildman–Crippen LogP) is 2.39. The van der Waals surface area contributed by atoms with E-state index in [-0.39, 0.29) is 6.17 Å². The SMILES string of the molecule is C/C=C1/N=C(Cl)C=C/C1=N/C(C)N(C)/N=C(\C)C=O. The van der Waals surface area contributed by atoms with E-state index >= 15 is 0 Å². The van der Waals surface area contributed by atoms with Crippen molar-refractivity contribution in [1.29, 1.82) is 0 Å². The van der Waals surface area contributed by atoms with E-state index in [2.05, 4.69) is 15.1 Å². The van der Waals surface area contributed by atoms with Crippen LogP contribution >= 0.6 is 11.6 Å². The van der Waals surface area contributed by atoms with E-state index in [1.165, 1.54) is 0 Å². The summed E-state index contributed by atoms with van der Waals surface area (Å²) in [7, 11) is 1.76. The van der Waals surface area contributed by atoms with Crippen LogP contribution in [-0.4, -0.2) is 41.1 Å². The van der Waals surface area contributed by atoms with Crippen LogP contribution in [0.25, 0.3) is 0 Å². The zero-order chi connectivity index (χ0) is 14.4. The molecule has 1 aliphatic rings. The molecule has 1 atom stereocenters. The Morgan fingerprint density at radius 2 is 2.21 bits per heavy atom. The lowest BCUT2D eigenvalue weighted by Crippen LogP contribution is -2.25. The number of halogens is 1. The number of carbonyl (C=O) groups excluding carboxylic acids is 1. The third-order valence-corrected chi connectivity index (χ3v) is 2.71. The van der Waals surface area contributed by atoms with Crippen molar-refractivity contribution in [3.05, 3.63) is 23.9 Å². The Kier molecular flexibility index (Phi) is 5.63. The van der Waals surface area contributed by atoms with Gasteiger partial charge in [-0.3, -0.25) is 14.8 Å². The molecule has 0 aromatic carbocycles. The summed E-state index contributed by atoms with van der Waals surface area (Å²) in [5.41, 5.74) is 1.87. The summed E-state index contributed by atoms with van der Waals surface area (Å²) in [6.07, 6.45) is 5.85. The molecule has 0 aromatic heterocycles. The second-order valence-corrected chi connectivity index (χ2v) is 4.41. The van der Waals surface area contributed by atoms with Crippen LogP contribution in [0, 0.1) is 0 Å². The Balaban J connectivity index is 2.91. The van der Waals surface area contributed by atoms with E-state index in [4.69, 9.17) is 11.6 Å². The average Bonchev–Trinajstić information content (AvgIpc) is 2.40. The van der Waals surface area contributed by atoms with E-state index in [0.29, 0.717) is 17.2 Å². The highest BCUT2D eigenvalue weighted by molar-refractivity contribution is 6.69. The molecule has 1 unspecified atom stereocenters. The minimum atomic E-state index is -0.212. The van der Waals surface area contributed by atoms with Crippen LogP contribution in [0.1, 0.15) is 20.8 Å². The smallest absolute Gasteiger partial charge is 0.165 e. The molecule has 19 heavy (non-hydrogen) atoms. The van der Waals surface area contributed by atoms with Crippen molar-refractivity contribution in [3.63, 3.8) is 0 Å². The predicted molar refractivity (Wildman–Crippen MR) is 80.0 cm³/mol. The summed E-state index contributed by atoms with van der Waals surface area (Å²) < 4.78 is 0. The number of aldehydes is 1. The largest absolute Gasteiger partial charge is 0.296 e. The molecule has 0 aromatic rings. The highest BCUT2D eigenvalue weighted by atomic mass is 35.5. The van der Waals surface area contributed by atoms with Gasteiger partial charge < -0.3 is 0 Å². The molecule has 0 fully saturated rings. The molecule has 6 heteroatoms. The fraction of sp³-hybridized carbons (Fsp3) is 0.385. The van der Waals surface area contributed by atoms with Gasteiger partial charge in [-0.2, -0.15) is 5.10 Å². The summed E-state index contributed by atoms with van der Waals surface area (Å²) in [5.74, 6) is 0. The molecule has 1 aliphatic heterocycles. The third-order valence-electron chi connectivity index (χ3n) is 2.49. The highest BCUT2D eigenvalue weighted by Crippen LogP contribution is 2.13. The first kappa shape index (κ1) is 15.3. The van der Waals surface area contributed by atoms with Crippen molar-refractivity contribution in [3.8, 4) is 0 Å². The lowest BCUT2D eigenvalue weighted by atomic mass is 10.2. The van der Waals surface area contributed by atoms with Crippen molar-refractivity contribution in [2.75, 3.05) is 7.05 Å². The van der Waals surface area contributed by atoms with Gasteiger partial charge in [0.25, 0.3) is 0 Å². The standard InChI is InChI=1S/C13H17ClN4O/c1-5-11-12(6-7-13(14)16-11)15-10(3)18(4)17-9(2)8-19/h5-8,10H,1-4H3/b11-5+,15-12-,17-9+. The van der Waals surface area contributed by atoms with Crippen molar-refractivity contribution in [2.45, 2.75) is 26.9 Å². The average molecular weight is 281 g/mol. The third kappa shape index (κ3) is 4.44. The highest BCUT2D eigenvalue weighted by Gasteiger charge is 2.12. The molecule has 0 saturated heterocycles. The van der Waals surface area contributed by atoms with Gasteiger partial charge >= 0.3 is 0 Å². The fourth-order valence-electron chi connectivity index (χ4n) is 1.41. The van der Waals surface area contributed by atoms with Crippen LogP contribution < -0.4 is 0 Å². The molecule has 102 valence electrons. The number of nitrogens with zero attached hydrogens (tertiary/aromatic N) is 4. The van der Waals surface area contributed by atoms with Gasteiger partial charge in [0.15, 0.2) is 6.29 Å². The molecule has 1 heterocycles. The Bertz CT molecular complexity index is 503. The van der Waals surface area contributed by atoms with Gasteiger partial charge in [0, 0.05) is 7.05 Å². The van der Waals surface area contributed by atoms with Crippen molar-refractivity contribution in [1.82, 2.24) is 5.01 Å². The van der Waals surface area contributed by atoms with Crippen molar-refractivity contribution < 1.29 is 4.79 Å². The first-order valence-corrected chi connectivity index (χ1v) is 6.25. The van der Waals surface area contributed by atoms with Crippen molar-refractivity contribution >= 4 is 34.5 Å². The second kappa shape index (κ2) is 6.99. The molecular weight excluding hydrogens is 264 g/mol. The topological polar surface area (TPSA) is 57.4 Å². The molecule has 0 aliphatic carbocycles. The normalized spacial score (nSPS) is 21.5. The number of hydrazone groups is 1. The summed E-state index contributed by atoms with van der Waals surface area (Å²) in [4.78, 5) is 19.2. The molecule has 1 rings (SSSR count). The number of hydrogen-bond donors (Lipinski definition) is 0. The van der Waals surface area contributed by atoms with E-state index in [0.717, 1.165) is 11.4 Å². The lowest BCUT2D eigenvalue weighted by molar-refractivity contribution is -0.102. The maximum absolute atomic E-state index is 10.5. The van der Waals surface area contributed by atoms with E-state index in [1.54, 1.807) is 25.1 Å². The maximum Gasteiger partial charge on any atom is 0.165 e. The molecule has 0 N–H and O–H groups in total. The molecule has 0 amide bonds. The Hall–Kier alpha value is -1.75. The fourth-order valence-corrected chi connectivity index (χ4v) is 1.56. The summed E-state index contributed by atoms with van der Waals surface area (Å²) in [6.45, 7) is 5.40. The van der Waals surface area contributed by atoms with Gasteiger partial charge in [-0.1, -0.05) is 17.7 Å². The van der Waals surface area contributed by atoms with E-state index in [1.807, 2.05) is 26.0 Å². The minimum absolute atomic E-state index is 0.212. The zero-order valence-corrected chi connectivity index (χ0v) is 12.2. The first-order valence-electron chi connectivity index (χ1n) is 5.88. The number of carbonyl (C=O) groups is 1. The van der Waals surface area contributed by atoms with Gasteiger partial charge in [0.1, 0.15) is 11.3 Å². The molecule has 0 radical (unpaired) electrons. The van der Waals surface area contributed by atoms with Gasteiger partial charge in [-0.15, -0.1) is 0 Å². The quantitative estimate of drug-likeness (QED) is 0.451. The molecule has 0 bridgehead atoms. The van der Waals surface area contributed by atoms with Crippen LogP contribution in [-0.2, 0) is 4.79 Å². The zero-order valence-electron chi connectivity index (χ0n) is 11.5. The Morgan fingerprint density at radius 3 is 2.79 bits per heavy atom. The first-order chi connectivity index (χ1) is 8.97. The lowest BCUT2D eigenvalue weighted by Gasteiger charge is -2.20. The van der Waals surface area contributed by atoms with Gasteiger partial charge in [0.05, 0.1) is 17.1 Å². The number of dihydropyridines is 1. The van der Waals surface area contributed by atoms with Crippen LogP contribution in [0.5, 0.6) is 0 Å². The summed E-state index contributed by atoms with van der Waals surface area (Å²) in [6, 6.07) is 0. The van der Waals surface area contributed by atoms with E-state index < -0.39 is 0 Å². The van der Waals surface area contributed by atoms with Gasteiger partial charge in [0.2, 0.25) is 0 Å². The monoisotopic (exact) mass is 280 g/mol. The second-order valence-electron chi connectivity index (χ2n) is 4.02. The summed E-state index contributed by atoms with van der Waals surface area (Å²) in [5, 5.41) is 6.15. The maximum atomic E-state index is 10.5. The minimum Gasteiger partial charge on any atom is -0.296 e. The van der Waals surface area contributed by atoms with E-state index in [9.17, 15) is 4.79 Å². The molecular formula is C13H17ClN4O. The molecule has 0 saturated carbocycles. The van der Waals surface area contributed by atoms with Crippen LogP contribution in [0.2, 0.25) is 0 Å². The number of aliphatic imine (C=N–C) groups is 2. The van der Waals surface area contributed by atoms with Gasteiger partial charge in [-0.25, -0.2) is 4.99 Å². The number of allylic oxidation sites excluding steroid dienone is 3. The van der Waals surface area contributed by atoms with Gasteiger partial charge in [-0.05, 0) is 32.9 Å². The van der Waals surface area contributed by atoms with Crippen LogP contribution in [0.15, 0.2) is 39.0 Å². The van der Waals surface area contributed by atoms with Crippen LogP contribution in [0.4, 0.5) is 0 Å². The summed E-state index contributed by atoms with van der Waals surface area (Å²) >= 11 is 5.84. The Labute approximate surface area is 118 Å². The van der Waals surface area contributed by atoms with Crippen molar-refractivity contribution in [2.24, 2.45) is 15.1 Å². The molecule has 0 spiro atoms. The number of hydrogen-bond acceptors (Lipinski definition) is 5.